The van der Waals surface area contributed by atoms with Crippen molar-refractivity contribution in [3.63, 3.8) is 0 Å². The van der Waals surface area contributed by atoms with Gasteiger partial charge in [-0.2, -0.15) is 0 Å². The number of rotatable bonds is 3. The zero-order valence-electron chi connectivity index (χ0n) is 8.45. The molecule has 0 saturated carbocycles. The zero-order valence-corrected chi connectivity index (χ0v) is 8.45. The van der Waals surface area contributed by atoms with E-state index in [1.807, 2.05) is 0 Å². The van der Waals surface area contributed by atoms with Crippen molar-refractivity contribution in [2.75, 3.05) is 5.32 Å². The van der Waals surface area contributed by atoms with E-state index in [1.54, 1.807) is 6.07 Å². The Morgan fingerprint density at radius 1 is 1.29 bits per heavy atom. The molecule has 0 spiro atoms. The highest BCUT2D eigenvalue weighted by Crippen LogP contribution is 2.10. The summed E-state index contributed by atoms with van der Waals surface area (Å²) in [6, 6.07) is 3.00. The second kappa shape index (κ2) is 4.44. The lowest BCUT2D eigenvalue weighted by molar-refractivity contribution is 0.0691. The van der Waals surface area contributed by atoms with Crippen molar-refractivity contribution >= 4 is 17.7 Å². The molecule has 7 nitrogen and oxygen atoms in total. The minimum atomic E-state index is -1.27. The van der Waals surface area contributed by atoms with Crippen LogP contribution in [0.4, 0.5) is 5.82 Å². The van der Waals surface area contributed by atoms with E-state index in [1.165, 1.54) is 24.7 Å². The Morgan fingerprint density at radius 2 is 2.06 bits per heavy atom. The van der Waals surface area contributed by atoms with Gasteiger partial charge in [0.1, 0.15) is 0 Å². The van der Waals surface area contributed by atoms with Crippen LogP contribution in [0.15, 0.2) is 35.2 Å². The predicted molar refractivity (Wildman–Crippen MR) is 55.7 cm³/mol. The van der Waals surface area contributed by atoms with Gasteiger partial charge in [0.05, 0.1) is 6.26 Å². The number of amides is 1. The number of aromatic carboxylic acids is 1. The molecule has 2 rings (SSSR count). The smallest absolute Gasteiger partial charge is 0.358 e. The summed E-state index contributed by atoms with van der Waals surface area (Å²) in [6.07, 6.45) is 3.85. The maximum atomic E-state index is 11.6. The summed E-state index contributed by atoms with van der Waals surface area (Å²) >= 11 is 0. The van der Waals surface area contributed by atoms with E-state index in [2.05, 4.69) is 15.3 Å². The quantitative estimate of drug-likeness (QED) is 0.819. The van der Waals surface area contributed by atoms with Crippen LogP contribution in [0.1, 0.15) is 21.0 Å². The minimum absolute atomic E-state index is 0.0620. The van der Waals surface area contributed by atoms with Crippen LogP contribution in [0.25, 0.3) is 0 Å². The van der Waals surface area contributed by atoms with E-state index in [0.717, 1.165) is 0 Å². The van der Waals surface area contributed by atoms with Gasteiger partial charge in [-0.1, -0.05) is 0 Å². The van der Waals surface area contributed by atoms with Crippen molar-refractivity contribution in [3.8, 4) is 0 Å². The highest BCUT2D eigenvalue weighted by Gasteiger charge is 2.16. The van der Waals surface area contributed by atoms with E-state index in [-0.39, 0.29) is 17.3 Å². The Labute approximate surface area is 95.1 Å². The van der Waals surface area contributed by atoms with Crippen molar-refractivity contribution in [1.82, 2.24) is 9.97 Å². The highest BCUT2D eigenvalue weighted by atomic mass is 16.4. The molecule has 86 valence electrons. The zero-order chi connectivity index (χ0) is 12.3. The first-order chi connectivity index (χ1) is 8.18. The lowest BCUT2D eigenvalue weighted by Gasteiger charge is -2.04. The fourth-order valence-corrected chi connectivity index (χ4v) is 1.16. The van der Waals surface area contributed by atoms with Crippen LogP contribution in [0.5, 0.6) is 0 Å². The number of aromatic nitrogens is 2. The van der Waals surface area contributed by atoms with Crippen molar-refractivity contribution in [1.29, 1.82) is 0 Å². The number of hydrogen-bond acceptors (Lipinski definition) is 5. The first-order valence-corrected chi connectivity index (χ1v) is 4.57. The van der Waals surface area contributed by atoms with Crippen molar-refractivity contribution < 1.29 is 19.1 Å². The molecule has 0 radical (unpaired) electrons. The molecule has 7 heteroatoms. The summed E-state index contributed by atoms with van der Waals surface area (Å²) in [6.45, 7) is 0. The number of carbonyl (C=O) groups is 2. The number of carboxylic acid groups (broad SMARTS) is 1. The van der Waals surface area contributed by atoms with Crippen LogP contribution in [-0.2, 0) is 0 Å². The summed E-state index contributed by atoms with van der Waals surface area (Å²) in [5.74, 6) is -1.92. The number of furan rings is 1. The van der Waals surface area contributed by atoms with Crippen LogP contribution in [0.2, 0.25) is 0 Å². The molecule has 1 amide bonds. The number of nitrogens with one attached hydrogen (secondary N) is 1. The monoisotopic (exact) mass is 233 g/mol. The number of anilines is 1. The second-order valence-corrected chi connectivity index (χ2v) is 2.99. The molecule has 0 aliphatic rings. The average Bonchev–Trinajstić information content (AvgIpc) is 2.83. The molecule has 0 fully saturated rings. The summed E-state index contributed by atoms with van der Waals surface area (Å²) in [5, 5.41) is 11.1. The molecule has 17 heavy (non-hydrogen) atoms. The third-order valence-electron chi connectivity index (χ3n) is 1.88. The van der Waals surface area contributed by atoms with Gasteiger partial charge in [-0.25, -0.2) is 14.8 Å². The van der Waals surface area contributed by atoms with Gasteiger partial charge in [0.25, 0.3) is 5.91 Å². The summed E-state index contributed by atoms with van der Waals surface area (Å²) < 4.78 is 4.86. The maximum Gasteiger partial charge on any atom is 0.358 e. The number of hydrogen-bond donors (Lipinski definition) is 2. The normalized spacial score (nSPS) is 9.88. The van der Waals surface area contributed by atoms with Gasteiger partial charge in [-0.05, 0) is 12.1 Å². The van der Waals surface area contributed by atoms with E-state index >= 15 is 0 Å². The van der Waals surface area contributed by atoms with Gasteiger partial charge in [-0.15, -0.1) is 0 Å². The Hall–Kier alpha value is -2.70. The Bertz CT molecular complexity index is 550. The van der Waals surface area contributed by atoms with Crippen molar-refractivity contribution in [2.45, 2.75) is 0 Å². The van der Waals surface area contributed by atoms with E-state index in [9.17, 15) is 9.59 Å². The van der Waals surface area contributed by atoms with Crippen LogP contribution >= 0.6 is 0 Å². The summed E-state index contributed by atoms with van der Waals surface area (Å²) in [4.78, 5) is 29.7. The van der Waals surface area contributed by atoms with E-state index < -0.39 is 11.9 Å². The average molecular weight is 233 g/mol. The molecular weight excluding hydrogens is 226 g/mol. The molecule has 0 aliphatic carbocycles. The first kappa shape index (κ1) is 10.8. The van der Waals surface area contributed by atoms with Gasteiger partial charge in [0.15, 0.2) is 17.3 Å². The van der Waals surface area contributed by atoms with E-state index in [0.29, 0.717) is 0 Å². The molecule has 0 bridgehead atoms. The van der Waals surface area contributed by atoms with Gasteiger partial charge in [-0.3, -0.25) is 4.79 Å². The molecule has 0 aliphatic heterocycles. The third kappa shape index (κ3) is 2.28. The number of nitrogens with zero attached hydrogens (tertiary/aromatic N) is 2. The topological polar surface area (TPSA) is 105 Å². The van der Waals surface area contributed by atoms with Gasteiger partial charge < -0.3 is 14.8 Å². The molecule has 0 saturated heterocycles. The van der Waals surface area contributed by atoms with Gasteiger partial charge in [0.2, 0.25) is 0 Å². The number of carbonyl (C=O) groups excluding carboxylic acids is 1. The molecule has 0 atom stereocenters. The fraction of sp³-hybridized carbons (Fsp3) is 0. The fourth-order valence-electron chi connectivity index (χ4n) is 1.16. The van der Waals surface area contributed by atoms with Crippen molar-refractivity contribution in [2.24, 2.45) is 0 Å². The molecule has 2 heterocycles. The largest absolute Gasteiger partial charge is 0.476 e. The molecule has 0 unspecified atom stereocenters. The second-order valence-electron chi connectivity index (χ2n) is 2.99. The molecule has 2 aromatic heterocycles. The maximum absolute atomic E-state index is 11.6. The Kier molecular flexibility index (Phi) is 2.82. The van der Waals surface area contributed by atoms with Crippen LogP contribution < -0.4 is 5.32 Å². The third-order valence-corrected chi connectivity index (χ3v) is 1.88. The molecule has 0 aromatic carbocycles. The Balaban J connectivity index is 2.25. The lowest BCUT2D eigenvalue weighted by atomic mass is 10.3. The van der Waals surface area contributed by atoms with E-state index in [4.69, 9.17) is 9.52 Å². The minimum Gasteiger partial charge on any atom is -0.476 e. The Morgan fingerprint density at radius 3 is 2.71 bits per heavy atom. The number of carboxylic acids is 1. The highest BCUT2D eigenvalue weighted by molar-refractivity contribution is 6.04. The van der Waals surface area contributed by atoms with Crippen molar-refractivity contribution in [3.05, 3.63) is 42.2 Å². The van der Waals surface area contributed by atoms with Gasteiger partial charge >= 0.3 is 5.97 Å². The predicted octanol–water partition coefficient (Wildman–Crippen LogP) is 1.02. The van der Waals surface area contributed by atoms with Gasteiger partial charge in [0, 0.05) is 12.4 Å². The standard InChI is InChI=1S/C10H7N3O4/c14-9(6-2-1-5-17-6)13-8-7(10(15)16)11-3-4-12-8/h1-5H,(H,15,16)(H,12,13,14). The van der Waals surface area contributed by atoms with Crippen LogP contribution in [-0.4, -0.2) is 27.0 Å². The summed E-state index contributed by atoms with van der Waals surface area (Å²) in [7, 11) is 0. The lowest BCUT2D eigenvalue weighted by Crippen LogP contribution is -2.16. The molecular formula is C10H7N3O4. The van der Waals surface area contributed by atoms with Crippen LogP contribution in [0, 0.1) is 0 Å². The molecule has 2 N–H and O–H groups in total. The first-order valence-electron chi connectivity index (χ1n) is 4.57. The summed E-state index contributed by atoms with van der Waals surface area (Å²) in [5.41, 5.74) is -0.326. The molecule has 2 aromatic rings. The van der Waals surface area contributed by atoms with Crippen LogP contribution in [0.3, 0.4) is 0 Å². The SMILES string of the molecule is O=C(Nc1nccnc1C(=O)O)c1ccco1.